The monoisotopic (exact) mass is 243 g/mol. The molecular weight excluding hydrogens is 234 g/mol. The third-order valence-corrected chi connectivity index (χ3v) is 2.13. The summed E-state index contributed by atoms with van der Waals surface area (Å²) in [6.07, 6.45) is 2.79. The molecular formula is C12H9N3O3. The Balaban J connectivity index is 2.14. The largest absolute Gasteiger partial charge is 0.505 e. The smallest absolute Gasteiger partial charge is 0.280 e. The fourth-order valence-corrected chi connectivity index (χ4v) is 1.30. The molecule has 0 saturated carbocycles. The van der Waals surface area contributed by atoms with Gasteiger partial charge in [-0.05, 0) is 24.3 Å². The molecule has 2 amide bonds. The van der Waals surface area contributed by atoms with E-state index in [1.54, 1.807) is 12.1 Å². The van der Waals surface area contributed by atoms with Crippen LogP contribution in [-0.4, -0.2) is 26.9 Å². The zero-order chi connectivity index (χ0) is 13.0. The minimum atomic E-state index is -0.774. The molecule has 0 aliphatic heterocycles. The number of amides is 2. The Morgan fingerprint density at radius 3 is 2.44 bits per heavy atom. The maximum Gasteiger partial charge on any atom is 0.280 e. The molecule has 0 radical (unpaired) electrons. The molecule has 6 heteroatoms. The molecule has 18 heavy (non-hydrogen) atoms. The number of hydrogen-bond donors (Lipinski definition) is 2. The van der Waals surface area contributed by atoms with Crippen molar-refractivity contribution in [1.82, 2.24) is 15.3 Å². The van der Waals surface area contributed by atoms with Crippen LogP contribution in [0.4, 0.5) is 0 Å². The Morgan fingerprint density at radius 1 is 1.00 bits per heavy atom. The van der Waals surface area contributed by atoms with Gasteiger partial charge in [0.15, 0.2) is 5.69 Å². The van der Waals surface area contributed by atoms with E-state index >= 15 is 0 Å². The van der Waals surface area contributed by atoms with E-state index in [2.05, 4.69) is 15.3 Å². The number of nitrogens with zero attached hydrogens (tertiary/aromatic N) is 2. The molecule has 0 aliphatic rings. The molecule has 2 heterocycles. The second kappa shape index (κ2) is 5.05. The van der Waals surface area contributed by atoms with Gasteiger partial charge in [-0.3, -0.25) is 19.9 Å². The van der Waals surface area contributed by atoms with E-state index in [1.807, 2.05) is 0 Å². The van der Waals surface area contributed by atoms with Crippen LogP contribution in [-0.2, 0) is 0 Å². The molecule has 2 rings (SSSR count). The average molecular weight is 243 g/mol. The lowest BCUT2D eigenvalue weighted by molar-refractivity contribution is 0.0842. The predicted octanol–water partition coefficient (Wildman–Crippen LogP) is 0.752. The lowest BCUT2D eigenvalue weighted by atomic mass is 10.3. The molecule has 0 atom stereocenters. The van der Waals surface area contributed by atoms with Crippen LogP contribution in [0.25, 0.3) is 0 Å². The highest BCUT2D eigenvalue weighted by molar-refractivity contribution is 6.09. The van der Waals surface area contributed by atoms with Crippen LogP contribution < -0.4 is 5.32 Å². The van der Waals surface area contributed by atoms with E-state index in [-0.39, 0.29) is 17.1 Å². The number of imide groups is 1. The Bertz CT molecular complexity index is 584. The first-order chi connectivity index (χ1) is 8.68. The Kier molecular flexibility index (Phi) is 3.29. The van der Waals surface area contributed by atoms with Crippen LogP contribution >= 0.6 is 0 Å². The number of pyridine rings is 2. The summed E-state index contributed by atoms with van der Waals surface area (Å²) in [6.45, 7) is 0. The van der Waals surface area contributed by atoms with Crippen LogP contribution in [0.5, 0.6) is 5.75 Å². The van der Waals surface area contributed by atoms with Crippen molar-refractivity contribution in [1.29, 1.82) is 0 Å². The standard InChI is InChI=1S/C12H9N3O3/c16-9-5-3-7-14-10(9)12(18)15-11(17)8-4-1-2-6-13-8/h1-7,16H,(H,15,17,18). The Hall–Kier alpha value is -2.76. The van der Waals surface area contributed by atoms with Gasteiger partial charge in [-0.25, -0.2) is 4.98 Å². The van der Waals surface area contributed by atoms with Crippen molar-refractivity contribution >= 4 is 11.8 Å². The number of rotatable bonds is 2. The number of aromatic nitrogens is 2. The molecule has 0 unspecified atom stereocenters. The van der Waals surface area contributed by atoms with Gasteiger partial charge in [0, 0.05) is 12.4 Å². The number of carbonyl (C=O) groups excluding carboxylic acids is 2. The van der Waals surface area contributed by atoms with Crippen molar-refractivity contribution in [2.24, 2.45) is 0 Å². The summed E-state index contributed by atoms with van der Waals surface area (Å²) in [4.78, 5) is 30.8. The topological polar surface area (TPSA) is 92.2 Å². The van der Waals surface area contributed by atoms with E-state index < -0.39 is 11.8 Å². The molecule has 2 aromatic rings. The number of aromatic hydroxyl groups is 1. The molecule has 2 aromatic heterocycles. The SMILES string of the molecule is O=C(NC(=O)c1ncccc1O)c1ccccn1. The van der Waals surface area contributed by atoms with E-state index in [9.17, 15) is 14.7 Å². The van der Waals surface area contributed by atoms with Crippen molar-refractivity contribution in [3.05, 3.63) is 54.1 Å². The summed E-state index contributed by atoms with van der Waals surface area (Å²) in [5.74, 6) is -1.71. The summed E-state index contributed by atoms with van der Waals surface area (Å²) in [5, 5.41) is 11.5. The highest BCUT2D eigenvalue weighted by Gasteiger charge is 2.16. The van der Waals surface area contributed by atoms with Gasteiger partial charge in [-0.1, -0.05) is 6.07 Å². The maximum atomic E-state index is 11.7. The zero-order valence-electron chi connectivity index (χ0n) is 9.20. The first-order valence-corrected chi connectivity index (χ1v) is 5.09. The van der Waals surface area contributed by atoms with Gasteiger partial charge in [-0.15, -0.1) is 0 Å². The normalized spacial score (nSPS) is 9.78. The van der Waals surface area contributed by atoms with Crippen molar-refractivity contribution < 1.29 is 14.7 Å². The summed E-state index contributed by atoms with van der Waals surface area (Å²) in [5.41, 5.74) is -0.0944. The van der Waals surface area contributed by atoms with Crippen LogP contribution in [0.15, 0.2) is 42.7 Å². The summed E-state index contributed by atoms with van der Waals surface area (Å²) >= 11 is 0. The molecule has 0 aliphatic carbocycles. The van der Waals surface area contributed by atoms with Gasteiger partial charge < -0.3 is 5.11 Å². The minimum absolute atomic E-state index is 0.112. The fourth-order valence-electron chi connectivity index (χ4n) is 1.30. The fraction of sp³-hybridized carbons (Fsp3) is 0. The van der Waals surface area contributed by atoms with E-state index in [1.165, 1.54) is 30.6 Å². The maximum absolute atomic E-state index is 11.7. The summed E-state index contributed by atoms with van der Waals surface area (Å²) in [7, 11) is 0. The van der Waals surface area contributed by atoms with Crippen molar-refractivity contribution in [3.63, 3.8) is 0 Å². The number of nitrogens with one attached hydrogen (secondary N) is 1. The second-order valence-corrected chi connectivity index (χ2v) is 3.37. The van der Waals surface area contributed by atoms with Gasteiger partial charge >= 0.3 is 0 Å². The lowest BCUT2D eigenvalue weighted by Crippen LogP contribution is -2.31. The van der Waals surface area contributed by atoms with Crippen LogP contribution in [0.3, 0.4) is 0 Å². The van der Waals surface area contributed by atoms with E-state index in [4.69, 9.17) is 0 Å². The molecule has 6 nitrogen and oxygen atoms in total. The number of hydrogen-bond acceptors (Lipinski definition) is 5. The molecule has 0 saturated heterocycles. The molecule has 90 valence electrons. The highest BCUT2D eigenvalue weighted by Crippen LogP contribution is 2.12. The second-order valence-electron chi connectivity index (χ2n) is 3.37. The molecule has 0 fully saturated rings. The van der Waals surface area contributed by atoms with Crippen molar-refractivity contribution in [2.75, 3.05) is 0 Å². The summed E-state index contributed by atoms with van der Waals surface area (Å²) in [6, 6.07) is 7.55. The van der Waals surface area contributed by atoms with Gasteiger partial charge in [0.05, 0.1) is 0 Å². The van der Waals surface area contributed by atoms with E-state index in [0.717, 1.165) is 0 Å². The zero-order valence-corrected chi connectivity index (χ0v) is 9.20. The first-order valence-electron chi connectivity index (χ1n) is 5.09. The minimum Gasteiger partial charge on any atom is -0.505 e. The third-order valence-electron chi connectivity index (χ3n) is 2.13. The van der Waals surface area contributed by atoms with E-state index in [0.29, 0.717) is 0 Å². The Morgan fingerprint density at radius 2 is 1.78 bits per heavy atom. The molecule has 0 spiro atoms. The van der Waals surface area contributed by atoms with Crippen molar-refractivity contribution in [3.8, 4) is 5.75 Å². The average Bonchev–Trinajstić information content (AvgIpc) is 2.40. The van der Waals surface area contributed by atoms with Crippen LogP contribution in [0, 0.1) is 0 Å². The van der Waals surface area contributed by atoms with Crippen LogP contribution in [0.2, 0.25) is 0 Å². The quantitative estimate of drug-likeness (QED) is 0.759. The molecule has 0 bridgehead atoms. The molecule has 0 aromatic carbocycles. The van der Waals surface area contributed by atoms with Gasteiger partial charge in [0.1, 0.15) is 11.4 Å². The highest BCUT2D eigenvalue weighted by atomic mass is 16.3. The van der Waals surface area contributed by atoms with Gasteiger partial charge in [-0.2, -0.15) is 0 Å². The third kappa shape index (κ3) is 2.49. The predicted molar refractivity (Wildman–Crippen MR) is 61.9 cm³/mol. The number of carbonyl (C=O) groups is 2. The van der Waals surface area contributed by atoms with Crippen LogP contribution in [0.1, 0.15) is 21.0 Å². The van der Waals surface area contributed by atoms with Gasteiger partial charge in [0.25, 0.3) is 11.8 Å². The Labute approximate surface area is 102 Å². The lowest BCUT2D eigenvalue weighted by Gasteiger charge is -2.03. The summed E-state index contributed by atoms with van der Waals surface area (Å²) < 4.78 is 0. The first kappa shape index (κ1) is 11.7. The molecule has 2 N–H and O–H groups in total. The van der Waals surface area contributed by atoms with Crippen molar-refractivity contribution in [2.45, 2.75) is 0 Å². The van der Waals surface area contributed by atoms with Gasteiger partial charge in [0.2, 0.25) is 0 Å².